The van der Waals surface area contributed by atoms with Crippen molar-refractivity contribution in [2.45, 2.75) is 70.9 Å². The van der Waals surface area contributed by atoms with E-state index in [2.05, 4.69) is 42.2 Å². The van der Waals surface area contributed by atoms with Crippen molar-refractivity contribution in [3.8, 4) is 17.1 Å². The fourth-order valence-corrected chi connectivity index (χ4v) is 10.4. The van der Waals surface area contributed by atoms with Gasteiger partial charge < -0.3 is 19.1 Å². The number of fused-ring (bicyclic) bond motifs is 9. The van der Waals surface area contributed by atoms with Crippen molar-refractivity contribution in [3.05, 3.63) is 76.6 Å². The number of hydrogen-bond donors (Lipinski definition) is 2. The molecule has 3 aromatic heterocycles. The van der Waals surface area contributed by atoms with Crippen LogP contribution in [-0.4, -0.2) is 98.9 Å². The number of imide groups is 1. The average molecular weight is 833 g/mol. The number of carbonyl (C=O) groups excluding carboxylic acids is 3. The molecule has 5 aliphatic rings. The highest BCUT2D eigenvalue weighted by Crippen LogP contribution is 2.39. The van der Waals surface area contributed by atoms with E-state index in [1.165, 1.54) is 12.1 Å². The molecular weight excluding hydrogens is 783 g/mol. The number of nitrogens with one attached hydrogen (secondary N) is 2. The third kappa shape index (κ3) is 7.38. The number of carbonyl (C=O) groups is 3. The molecule has 0 spiro atoms. The zero-order chi connectivity index (χ0) is 42.1. The van der Waals surface area contributed by atoms with Gasteiger partial charge in [0.15, 0.2) is 0 Å². The molecule has 1 aliphatic carbocycles. The molecule has 0 unspecified atom stereocenters. The fourth-order valence-electron chi connectivity index (χ4n) is 10.4. The quantitative estimate of drug-likeness (QED) is 0.217. The second-order valence-electron chi connectivity index (χ2n) is 17.5. The molecular formula is C45H50F2N10O4. The Balaban J connectivity index is 0.853. The number of rotatable bonds is 4. The normalized spacial score (nSPS) is 23.6. The Morgan fingerprint density at radius 2 is 1.59 bits per heavy atom. The number of benzene rings is 2. The first-order valence-electron chi connectivity index (χ1n) is 21.5. The molecule has 3 amide bonds. The number of piperidine rings is 1. The van der Waals surface area contributed by atoms with E-state index < -0.39 is 29.4 Å². The number of anilines is 3. The molecule has 3 saturated heterocycles. The zero-order valence-corrected chi connectivity index (χ0v) is 34.7. The predicted molar refractivity (Wildman–Crippen MR) is 226 cm³/mol. The minimum atomic E-state index is -1.02. The van der Waals surface area contributed by atoms with E-state index in [4.69, 9.17) is 14.7 Å². The molecule has 14 nitrogen and oxygen atoms in total. The van der Waals surface area contributed by atoms with Crippen molar-refractivity contribution >= 4 is 46.1 Å². The molecule has 7 heterocycles. The number of ether oxygens (including phenoxy) is 1. The first kappa shape index (κ1) is 39.2. The van der Waals surface area contributed by atoms with E-state index in [9.17, 15) is 14.4 Å². The largest absolute Gasteiger partial charge is 0.477 e. The van der Waals surface area contributed by atoms with Crippen LogP contribution in [0, 0.1) is 37.3 Å². The van der Waals surface area contributed by atoms with Crippen molar-refractivity contribution < 1.29 is 27.9 Å². The van der Waals surface area contributed by atoms with Gasteiger partial charge in [-0.15, -0.1) is 0 Å². The van der Waals surface area contributed by atoms with Crippen LogP contribution in [0.1, 0.15) is 71.8 Å². The number of aromatic nitrogens is 5. The molecule has 2 aromatic carbocycles. The summed E-state index contributed by atoms with van der Waals surface area (Å²) in [6.07, 6.45) is 4.12. The highest BCUT2D eigenvalue weighted by Gasteiger charge is 2.36. The monoisotopic (exact) mass is 832 g/mol. The van der Waals surface area contributed by atoms with Crippen LogP contribution in [0.15, 0.2) is 42.5 Å². The summed E-state index contributed by atoms with van der Waals surface area (Å²) in [5, 5.41) is 10.0. The maximum atomic E-state index is 15.4. The van der Waals surface area contributed by atoms with Gasteiger partial charge in [-0.05, 0) is 100 Å². The minimum Gasteiger partial charge on any atom is -0.477 e. The smallest absolute Gasteiger partial charge is 0.258 e. The molecule has 318 valence electrons. The van der Waals surface area contributed by atoms with Crippen LogP contribution in [-0.2, 0) is 23.2 Å². The lowest BCUT2D eigenvalue weighted by molar-refractivity contribution is -0.134. The van der Waals surface area contributed by atoms with Gasteiger partial charge in [0.1, 0.15) is 11.6 Å². The molecule has 16 heteroatoms. The molecule has 61 heavy (non-hydrogen) atoms. The number of amides is 3. The SMILES string of the molecule is Cc1cc2cc(n1)-c1c(C)nn(C)c1OC[C@H]1CC[C@H](C1)Cn1c(nc3ccc(N4CCN([C@H]5CCN(c6cc(F)c([C@H]7CCC(=O)NC7=O)c(F)c6)C5)CC4)cc31)NC2=O. The first-order valence-corrected chi connectivity index (χ1v) is 21.5. The number of hydrogen-bond acceptors (Lipinski definition) is 10. The van der Waals surface area contributed by atoms with Crippen LogP contribution in [0.2, 0.25) is 0 Å². The van der Waals surface area contributed by atoms with Crippen LogP contribution in [0.4, 0.5) is 26.1 Å². The van der Waals surface area contributed by atoms with Gasteiger partial charge in [0.25, 0.3) is 5.91 Å². The van der Waals surface area contributed by atoms with Crippen molar-refractivity contribution in [2.75, 3.05) is 61.0 Å². The van der Waals surface area contributed by atoms with Gasteiger partial charge in [-0.2, -0.15) is 5.10 Å². The second kappa shape index (κ2) is 15.5. The van der Waals surface area contributed by atoms with Gasteiger partial charge in [0.05, 0.1) is 40.5 Å². The maximum Gasteiger partial charge on any atom is 0.258 e. The summed E-state index contributed by atoms with van der Waals surface area (Å²) >= 11 is 0. The van der Waals surface area contributed by atoms with Crippen molar-refractivity contribution in [1.29, 1.82) is 0 Å². The lowest BCUT2D eigenvalue weighted by atomic mass is 9.89. The molecule has 1 saturated carbocycles. The fraction of sp³-hybridized carbons (Fsp3) is 0.467. The molecule has 4 aliphatic heterocycles. The van der Waals surface area contributed by atoms with Crippen molar-refractivity contribution in [1.82, 2.24) is 34.5 Å². The number of aryl methyl sites for hydroxylation is 3. The zero-order valence-electron chi connectivity index (χ0n) is 34.7. The standard InChI is InChI=1S/C45H50F2N10O4/c1-25-16-29-18-37(48-25)40-26(2)52-53(3)44(40)61-24-28-5-4-27(17-28)22-57-38-21-30(6-8-36(38)49-45(57)51-42(29)59)54-12-14-55(15-13-54)31-10-11-56(23-31)32-19-34(46)41(35(47)20-32)33-7-9-39(58)50-43(33)60/h6,8,16,18-21,27-28,31,33H,4-5,7,9-15,17,22-24H2,1-3H3,(H,49,51,59)(H,50,58,60)/t27-,28+,31+,33-/m1/s1. The number of halogens is 2. The number of nitrogens with zero attached hydrogens (tertiary/aromatic N) is 8. The maximum absolute atomic E-state index is 15.4. The van der Waals surface area contributed by atoms with E-state index in [1.807, 2.05) is 31.9 Å². The van der Waals surface area contributed by atoms with Crippen LogP contribution in [0.3, 0.4) is 0 Å². The third-order valence-electron chi connectivity index (χ3n) is 13.5. The van der Waals surface area contributed by atoms with Gasteiger partial charge in [-0.1, -0.05) is 0 Å². The molecule has 2 N–H and O–H groups in total. The summed E-state index contributed by atoms with van der Waals surface area (Å²) in [5.74, 6) is -1.89. The minimum absolute atomic E-state index is 0.0538. The lowest BCUT2D eigenvalue weighted by Crippen LogP contribution is -2.51. The van der Waals surface area contributed by atoms with E-state index in [0.717, 1.165) is 86.4 Å². The Morgan fingerprint density at radius 1 is 0.803 bits per heavy atom. The molecule has 0 radical (unpaired) electrons. The van der Waals surface area contributed by atoms with E-state index in [1.54, 1.807) is 16.8 Å². The Kier molecular flexibility index (Phi) is 9.99. The van der Waals surface area contributed by atoms with Gasteiger partial charge >= 0.3 is 0 Å². The van der Waals surface area contributed by atoms with E-state index in [0.29, 0.717) is 66.0 Å². The average Bonchev–Trinajstić information content (AvgIpc) is 4.03. The van der Waals surface area contributed by atoms with Crippen LogP contribution < -0.4 is 25.2 Å². The number of imidazole rings is 1. The summed E-state index contributed by atoms with van der Waals surface area (Å²) in [6.45, 7) is 9.76. The number of pyridine rings is 1. The van der Waals surface area contributed by atoms with Gasteiger partial charge in [-0.3, -0.25) is 34.9 Å². The Morgan fingerprint density at radius 3 is 2.38 bits per heavy atom. The van der Waals surface area contributed by atoms with Crippen molar-refractivity contribution in [3.63, 3.8) is 0 Å². The van der Waals surface area contributed by atoms with Crippen LogP contribution in [0.25, 0.3) is 22.3 Å². The highest BCUT2D eigenvalue weighted by molar-refractivity contribution is 6.05. The summed E-state index contributed by atoms with van der Waals surface area (Å²) in [7, 11) is 1.88. The van der Waals surface area contributed by atoms with E-state index >= 15 is 8.78 Å². The first-order chi connectivity index (χ1) is 29.4. The van der Waals surface area contributed by atoms with Crippen LogP contribution in [0.5, 0.6) is 5.88 Å². The molecule has 4 bridgehead atoms. The summed E-state index contributed by atoms with van der Waals surface area (Å²) in [4.78, 5) is 54.7. The third-order valence-corrected chi connectivity index (χ3v) is 13.5. The molecule has 10 rings (SSSR count). The molecule has 4 fully saturated rings. The van der Waals surface area contributed by atoms with Gasteiger partial charge in [-0.25, -0.2) is 18.4 Å². The lowest BCUT2D eigenvalue weighted by Gasteiger charge is -2.39. The Hall–Kier alpha value is -5.90. The van der Waals surface area contributed by atoms with Crippen LogP contribution >= 0.6 is 0 Å². The predicted octanol–water partition coefficient (Wildman–Crippen LogP) is 5.71. The number of piperazine rings is 1. The summed E-state index contributed by atoms with van der Waals surface area (Å²) in [6, 6.07) is 12.9. The summed E-state index contributed by atoms with van der Waals surface area (Å²) in [5.41, 5.74) is 6.55. The Bertz CT molecular complexity index is 2560. The highest BCUT2D eigenvalue weighted by atomic mass is 19.1. The van der Waals surface area contributed by atoms with E-state index in [-0.39, 0.29) is 30.4 Å². The topological polar surface area (TPSA) is 143 Å². The Labute approximate surface area is 352 Å². The van der Waals surface area contributed by atoms with Gasteiger partial charge in [0.2, 0.25) is 23.6 Å². The summed E-state index contributed by atoms with van der Waals surface area (Å²) < 4.78 is 41.2. The molecule has 5 aromatic rings. The molecule has 4 atom stereocenters. The van der Waals surface area contributed by atoms with Crippen molar-refractivity contribution in [2.24, 2.45) is 18.9 Å². The van der Waals surface area contributed by atoms with Gasteiger partial charge in [0, 0.05) is 93.5 Å². The second-order valence-corrected chi connectivity index (χ2v) is 17.5.